The summed E-state index contributed by atoms with van der Waals surface area (Å²) in [6, 6.07) is -0.117. The van der Waals surface area contributed by atoms with Crippen molar-refractivity contribution in [2.24, 2.45) is 0 Å². The van der Waals surface area contributed by atoms with Crippen molar-refractivity contribution in [2.45, 2.75) is 26.3 Å². The maximum Gasteiger partial charge on any atom is 0.241 e. The van der Waals surface area contributed by atoms with Crippen molar-refractivity contribution < 1.29 is 9.59 Å². The van der Waals surface area contributed by atoms with Gasteiger partial charge >= 0.3 is 0 Å². The number of rotatable bonds is 4. The summed E-state index contributed by atoms with van der Waals surface area (Å²) < 4.78 is 0. The van der Waals surface area contributed by atoms with Gasteiger partial charge in [0.1, 0.15) is 0 Å². The molecule has 16 heavy (non-hydrogen) atoms. The smallest absolute Gasteiger partial charge is 0.241 e. The maximum atomic E-state index is 11.9. The second-order valence-electron chi connectivity index (χ2n) is 4.08. The van der Waals surface area contributed by atoms with Gasteiger partial charge in [-0.05, 0) is 13.3 Å². The molecule has 1 aliphatic heterocycles. The van der Waals surface area contributed by atoms with Crippen molar-refractivity contribution in [2.75, 3.05) is 33.2 Å². The molecule has 0 aromatic heterocycles. The average molecular weight is 227 g/mol. The fourth-order valence-electron chi connectivity index (χ4n) is 1.73. The van der Waals surface area contributed by atoms with Crippen LogP contribution < -0.4 is 5.32 Å². The summed E-state index contributed by atoms with van der Waals surface area (Å²) in [5, 5.41) is 3.15. The quantitative estimate of drug-likeness (QED) is 0.716. The van der Waals surface area contributed by atoms with Crippen LogP contribution in [0.3, 0.4) is 0 Å². The number of carbonyl (C=O) groups is 2. The Hall–Kier alpha value is -1.10. The van der Waals surface area contributed by atoms with Gasteiger partial charge in [-0.1, -0.05) is 6.92 Å². The Balaban J connectivity index is 2.53. The number of nitrogens with one attached hydrogen (secondary N) is 1. The van der Waals surface area contributed by atoms with Crippen molar-refractivity contribution in [3.8, 4) is 0 Å². The van der Waals surface area contributed by atoms with Crippen molar-refractivity contribution in [3.63, 3.8) is 0 Å². The molecule has 1 fully saturated rings. The highest BCUT2D eigenvalue weighted by Crippen LogP contribution is 2.04. The van der Waals surface area contributed by atoms with Crippen LogP contribution in [0.4, 0.5) is 0 Å². The third-order valence-corrected chi connectivity index (χ3v) is 3.02. The predicted octanol–water partition coefficient (Wildman–Crippen LogP) is -0.325. The minimum absolute atomic E-state index is 0.00704. The van der Waals surface area contributed by atoms with Gasteiger partial charge in [-0.25, -0.2) is 0 Å². The van der Waals surface area contributed by atoms with Gasteiger partial charge in [0.05, 0.1) is 12.6 Å². The minimum Gasteiger partial charge on any atom is -0.345 e. The lowest BCUT2D eigenvalue weighted by Gasteiger charge is -2.33. The van der Waals surface area contributed by atoms with Crippen molar-refractivity contribution in [1.29, 1.82) is 0 Å². The van der Waals surface area contributed by atoms with Gasteiger partial charge in [-0.15, -0.1) is 0 Å². The molecule has 92 valence electrons. The van der Waals surface area contributed by atoms with Gasteiger partial charge in [-0.3, -0.25) is 9.59 Å². The standard InChI is InChI=1S/C11H21N3O2/c1-4-9-11(16)14(7-6-12-9)8-10(15)13(3)5-2/h9,12H,4-8H2,1-3H3. The van der Waals surface area contributed by atoms with Crippen LogP contribution in [-0.4, -0.2) is 60.9 Å². The van der Waals surface area contributed by atoms with Crippen LogP contribution >= 0.6 is 0 Å². The minimum atomic E-state index is -0.117. The van der Waals surface area contributed by atoms with E-state index in [1.165, 1.54) is 0 Å². The Kier molecular flexibility index (Phi) is 4.73. The number of piperazine rings is 1. The van der Waals surface area contributed by atoms with E-state index in [1.807, 2.05) is 13.8 Å². The number of hydrogen-bond donors (Lipinski definition) is 1. The van der Waals surface area contributed by atoms with Crippen LogP contribution in [0.2, 0.25) is 0 Å². The van der Waals surface area contributed by atoms with E-state index in [-0.39, 0.29) is 24.4 Å². The van der Waals surface area contributed by atoms with Crippen LogP contribution in [0.15, 0.2) is 0 Å². The third-order valence-electron chi connectivity index (χ3n) is 3.02. The summed E-state index contributed by atoms with van der Waals surface area (Å²) in [6.07, 6.45) is 0.771. The second kappa shape index (κ2) is 5.84. The van der Waals surface area contributed by atoms with Crippen molar-refractivity contribution >= 4 is 11.8 Å². The van der Waals surface area contributed by atoms with E-state index in [0.29, 0.717) is 13.1 Å². The second-order valence-corrected chi connectivity index (χ2v) is 4.08. The van der Waals surface area contributed by atoms with Crippen LogP contribution in [0.25, 0.3) is 0 Å². The first-order chi connectivity index (χ1) is 7.60. The fraction of sp³-hybridized carbons (Fsp3) is 0.818. The summed E-state index contributed by atoms with van der Waals surface area (Å²) in [5.41, 5.74) is 0. The maximum absolute atomic E-state index is 11.9. The van der Waals surface area contributed by atoms with Crippen LogP contribution in [-0.2, 0) is 9.59 Å². The normalized spacial score (nSPS) is 21.1. The van der Waals surface area contributed by atoms with E-state index < -0.39 is 0 Å². The zero-order valence-electron chi connectivity index (χ0n) is 10.3. The average Bonchev–Trinajstić information content (AvgIpc) is 2.30. The summed E-state index contributed by atoms with van der Waals surface area (Å²) >= 11 is 0. The lowest BCUT2D eigenvalue weighted by atomic mass is 10.1. The Morgan fingerprint density at radius 3 is 2.81 bits per heavy atom. The van der Waals surface area contributed by atoms with Gasteiger partial charge in [0.2, 0.25) is 11.8 Å². The SMILES string of the molecule is CCC1NCCN(CC(=O)N(C)CC)C1=O. The number of likely N-dealkylation sites (N-methyl/N-ethyl adjacent to an activating group) is 1. The van der Waals surface area contributed by atoms with Crippen LogP contribution in [0, 0.1) is 0 Å². The Morgan fingerprint density at radius 2 is 2.25 bits per heavy atom. The molecule has 2 amide bonds. The monoisotopic (exact) mass is 227 g/mol. The molecule has 0 bridgehead atoms. The first-order valence-corrected chi connectivity index (χ1v) is 5.86. The molecule has 1 heterocycles. The highest BCUT2D eigenvalue weighted by molar-refractivity contribution is 5.88. The molecule has 0 spiro atoms. The Labute approximate surface area is 96.8 Å². The molecule has 1 N–H and O–H groups in total. The summed E-state index contributed by atoms with van der Waals surface area (Å²) in [7, 11) is 1.76. The van der Waals surface area contributed by atoms with E-state index in [1.54, 1.807) is 16.8 Å². The fourth-order valence-corrected chi connectivity index (χ4v) is 1.73. The van der Waals surface area contributed by atoms with Crippen LogP contribution in [0.1, 0.15) is 20.3 Å². The number of carbonyl (C=O) groups excluding carboxylic acids is 2. The van der Waals surface area contributed by atoms with Gasteiger partial charge < -0.3 is 15.1 Å². The van der Waals surface area contributed by atoms with Gasteiger partial charge in [-0.2, -0.15) is 0 Å². The number of nitrogens with zero attached hydrogens (tertiary/aromatic N) is 2. The summed E-state index contributed by atoms with van der Waals surface area (Å²) in [5.74, 6) is 0.0548. The van der Waals surface area contributed by atoms with Crippen LogP contribution in [0.5, 0.6) is 0 Å². The lowest BCUT2D eigenvalue weighted by Crippen LogP contribution is -2.56. The molecule has 0 aliphatic carbocycles. The highest BCUT2D eigenvalue weighted by atomic mass is 16.2. The number of amides is 2. The highest BCUT2D eigenvalue weighted by Gasteiger charge is 2.28. The first kappa shape index (κ1) is 13.0. The van der Waals surface area contributed by atoms with Gasteiger partial charge in [0, 0.05) is 26.7 Å². The van der Waals surface area contributed by atoms with E-state index in [4.69, 9.17) is 0 Å². The summed E-state index contributed by atoms with van der Waals surface area (Å²) in [6.45, 7) is 6.18. The molecule has 1 aliphatic rings. The largest absolute Gasteiger partial charge is 0.345 e. The molecule has 5 heteroatoms. The van der Waals surface area contributed by atoms with Crippen molar-refractivity contribution in [3.05, 3.63) is 0 Å². The number of hydrogen-bond acceptors (Lipinski definition) is 3. The van der Waals surface area contributed by atoms with E-state index >= 15 is 0 Å². The van der Waals surface area contributed by atoms with E-state index in [0.717, 1.165) is 13.0 Å². The molecular formula is C11H21N3O2. The Bertz CT molecular complexity index is 268. The van der Waals surface area contributed by atoms with Gasteiger partial charge in [0.25, 0.3) is 0 Å². The molecule has 1 unspecified atom stereocenters. The van der Waals surface area contributed by atoms with E-state index in [9.17, 15) is 9.59 Å². The molecule has 0 radical (unpaired) electrons. The third kappa shape index (κ3) is 2.95. The zero-order valence-corrected chi connectivity index (χ0v) is 10.3. The first-order valence-electron chi connectivity index (χ1n) is 5.86. The molecule has 1 atom stereocenters. The van der Waals surface area contributed by atoms with E-state index in [2.05, 4.69) is 5.32 Å². The lowest BCUT2D eigenvalue weighted by molar-refractivity contribution is -0.142. The molecule has 0 aromatic rings. The molecule has 0 aromatic carbocycles. The summed E-state index contributed by atoms with van der Waals surface area (Å²) in [4.78, 5) is 26.9. The Morgan fingerprint density at radius 1 is 1.56 bits per heavy atom. The molecule has 1 saturated heterocycles. The molecule has 1 rings (SSSR count). The zero-order chi connectivity index (χ0) is 12.1. The molecule has 0 saturated carbocycles. The predicted molar refractivity (Wildman–Crippen MR) is 62.0 cm³/mol. The molecular weight excluding hydrogens is 206 g/mol. The molecule has 5 nitrogen and oxygen atoms in total. The topological polar surface area (TPSA) is 52.7 Å². The van der Waals surface area contributed by atoms with Gasteiger partial charge in [0.15, 0.2) is 0 Å². The van der Waals surface area contributed by atoms with Crippen molar-refractivity contribution in [1.82, 2.24) is 15.1 Å².